The smallest absolute Gasteiger partial charge is 0.344 e. The molecule has 0 aromatic heterocycles. The number of amidine groups is 1. The van der Waals surface area contributed by atoms with Crippen LogP contribution in [0.15, 0.2) is 35.3 Å². The number of hydrogen-bond donors (Lipinski definition) is 3. The minimum atomic E-state index is -3.83. The first-order chi connectivity index (χ1) is 11.1. The molecule has 9 heteroatoms. The highest BCUT2D eigenvalue weighted by atomic mass is 32.2. The summed E-state index contributed by atoms with van der Waals surface area (Å²) in [6.07, 6.45) is 1.20. The standard InChI is InChI=1S/C15H20N4O4S/c1-4-12(20)17-8-15(2,3)9-23-11-7-5-6-10-13(11)14(16)19-24(21,22)18-10/h4-7,18H,1,8-9H2,2-3H3,(H2,16,19)(H,17,20). The summed E-state index contributed by atoms with van der Waals surface area (Å²) < 4.78 is 34.7. The number of nitrogens with two attached hydrogens (primary N) is 1. The maximum absolute atomic E-state index is 11.6. The fourth-order valence-corrected chi connectivity index (χ4v) is 2.90. The zero-order chi connectivity index (χ0) is 18.0. The Morgan fingerprint density at radius 1 is 1.50 bits per heavy atom. The van der Waals surface area contributed by atoms with Gasteiger partial charge in [0.2, 0.25) is 5.91 Å². The number of ether oxygens (including phenoxy) is 1. The highest BCUT2D eigenvalue weighted by Gasteiger charge is 2.26. The van der Waals surface area contributed by atoms with Gasteiger partial charge in [0.25, 0.3) is 0 Å². The predicted octanol–water partition coefficient (Wildman–Crippen LogP) is 0.769. The second kappa shape index (κ2) is 6.52. The van der Waals surface area contributed by atoms with Crippen LogP contribution in [0.3, 0.4) is 0 Å². The molecule has 1 amide bonds. The van der Waals surface area contributed by atoms with E-state index in [9.17, 15) is 13.2 Å². The number of nitrogens with zero attached hydrogens (tertiary/aromatic N) is 1. The van der Waals surface area contributed by atoms with Crippen molar-refractivity contribution in [1.29, 1.82) is 0 Å². The molecule has 1 aliphatic rings. The second-order valence-electron chi connectivity index (χ2n) is 6.11. The van der Waals surface area contributed by atoms with Gasteiger partial charge in [-0.15, -0.1) is 4.40 Å². The minimum Gasteiger partial charge on any atom is -0.492 e. The molecule has 0 radical (unpaired) electrons. The van der Waals surface area contributed by atoms with E-state index in [2.05, 4.69) is 21.0 Å². The molecule has 8 nitrogen and oxygen atoms in total. The highest BCUT2D eigenvalue weighted by molar-refractivity contribution is 7.91. The molecule has 0 bridgehead atoms. The number of carbonyl (C=O) groups is 1. The van der Waals surface area contributed by atoms with Gasteiger partial charge in [0.1, 0.15) is 5.75 Å². The second-order valence-corrected chi connectivity index (χ2v) is 7.44. The number of anilines is 1. The summed E-state index contributed by atoms with van der Waals surface area (Å²) in [5.74, 6) is 0.0299. The fourth-order valence-electron chi connectivity index (χ4n) is 2.06. The molecule has 0 spiro atoms. The molecular weight excluding hydrogens is 332 g/mol. The molecule has 1 aliphatic heterocycles. The Hall–Kier alpha value is -2.55. The molecule has 0 saturated heterocycles. The molecular formula is C15H20N4O4S. The topological polar surface area (TPSA) is 123 Å². The zero-order valence-corrected chi connectivity index (χ0v) is 14.3. The van der Waals surface area contributed by atoms with Crippen molar-refractivity contribution < 1.29 is 17.9 Å². The molecule has 1 heterocycles. The Balaban J connectivity index is 2.15. The zero-order valence-electron chi connectivity index (χ0n) is 13.5. The van der Waals surface area contributed by atoms with Gasteiger partial charge in [0.15, 0.2) is 5.84 Å². The van der Waals surface area contributed by atoms with E-state index in [-0.39, 0.29) is 23.8 Å². The number of nitrogens with one attached hydrogen (secondary N) is 2. The largest absolute Gasteiger partial charge is 0.492 e. The van der Waals surface area contributed by atoms with E-state index in [0.29, 0.717) is 23.5 Å². The first-order valence-electron chi connectivity index (χ1n) is 7.18. The van der Waals surface area contributed by atoms with E-state index in [1.54, 1.807) is 18.2 Å². The summed E-state index contributed by atoms with van der Waals surface area (Å²) in [6, 6.07) is 4.91. The van der Waals surface area contributed by atoms with Gasteiger partial charge in [-0.3, -0.25) is 9.52 Å². The molecule has 0 aliphatic carbocycles. The van der Waals surface area contributed by atoms with Gasteiger partial charge in [-0.1, -0.05) is 26.5 Å². The van der Waals surface area contributed by atoms with E-state index < -0.39 is 10.2 Å². The van der Waals surface area contributed by atoms with E-state index in [1.807, 2.05) is 13.8 Å². The number of fused-ring (bicyclic) bond motifs is 1. The van der Waals surface area contributed by atoms with E-state index >= 15 is 0 Å². The van der Waals surface area contributed by atoms with Crippen LogP contribution in [0.2, 0.25) is 0 Å². The molecule has 24 heavy (non-hydrogen) atoms. The molecule has 2 rings (SSSR count). The lowest BCUT2D eigenvalue weighted by Crippen LogP contribution is -2.37. The summed E-state index contributed by atoms with van der Waals surface area (Å²) in [5.41, 5.74) is 6.12. The Morgan fingerprint density at radius 2 is 2.21 bits per heavy atom. The van der Waals surface area contributed by atoms with Crippen LogP contribution < -0.4 is 20.5 Å². The fraction of sp³-hybridized carbons (Fsp3) is 0.333. The van der Waals surface area contributed by atoms with Crippen molar-refractivity contribution in [2.45, 2.75) is 13.8 Å². The van der Waals surface area contributed by atoms with Crippen LogP contribution in [-0.2, 0) is 15.0 Å². The van der Waals surface area contributed by atoms with Crippen LogP contribution in [0.25, 0.3) is 0 Å². The first kappa shape index (κ1) is 17.8. The molecule has 1 aromatic rings. The third-order valence-corrected chi connectivity index (χ3v) is 4.20. The highest BCUT2D eigenvalue weighted by Crippen LogP contribution is 2.31. The molecule has 1 aromatic carbocycles. The quantitative estimate of drug-likeness (QED) is 0.653. The molecule has 0 fully saturated rings. The summed E-state index contributed by atoms with van der Waals surface area (Å²) in [4.78, 5) is 11.3. The lowest BCUT2D eigenvalue weighted by molar-refractivity contribution is -0.117. The van der Waals surface area contributed by atoms with Crippen LogP contribution in [0.4, 0.5) is 5.69 Å². The third-order valence-electron chi connectivity index (χ3n) is 3.28. The predicted molar refractivity (Wildman–Crippen MR) is 92.2 cm³/mol. The van der Waals surface area contributed by atoms with Crippen molar-refractivity contribution in [3.05, 3.63) is 36.4 Å². The Morgan fingerprint density at radius 3 is 2.88 bits per heavy atom. The van der Waals surface area contributed by atoms with Crippen LogP contribution in [-0.4, -0.2) is 33.3 Å². The average Bonchev–Trinajstić information content (AvgIpc) is 2.49. The number of benzene rings is 1. The molecule has 0 unspecified atom stereocenters. The van der Waals surface area contributed by atoms with Crippen LogP contribution >= 0.6 is 0 Å². The maximum atomic E-state index is 11.6. The van der Waals surface area contributed by atoms with Gasteiger partial charge in [-0.25, -0.2) is 0 Å². The van der Waals surface area contributed by atoms with E-state index in [4.69, 9.17) is 10.5 Å². The van der Waals surface area contributed by atoms with Crippen molar-refractivity contribution in [2.75, 3.05) is 17.9 Å². The Kier molecular flexibility index (Phi) is 4.83. The molecule has 0 saturated carbocycles. The summed E-state index contributed by atoms with van der Waals surface area (Å²) in [5, 5.41) is 2.71. The maximum Gasteiger partial charge on any atom is 0.344 e. The number of hydrogen-bond acceptors (Lipinski definition) is 5. The molecule has 0 atom stereocenters. The van der Waals surface area contributed by atoms with Crippen molar-refractivity contribution in [2.24, 2.45) is 15.5 Å². The molecule has 130 valence electrons. The van der Waals surface area contributed by atoms with Crippen molar-refractivity contribution in [1.82, 2.24) is 5.32 Å². The number of rotatable bonds is 6. The first-order valence-corrected chi connectivity index (χ1v) is 8.62. The SMILES string of the molecule is C=CC(=O)NCC(C)(C)COc1cccc2c1C(N)=NS(=O)(=O)N2. The van der Waals surface area contributed by atoms with Gasteiger partial charge in [0, 0.05) is 12.0 Å². The lowest BCUT2D eigenvalue weighted by Gasteiger charge is -2.26. The monoisotopic (exact) mass is 352 g/mol. The summed E-state index contributed by atoms with van der Waals surface area (Å²) >= 11 is 0. The van der Waals surface area contributed by atoms with Gasteiger partial charge in [-0.2, -0.15) is 8.42 Å². The summed E-state index contributed by atoms with van der Waals surface area (Å²) in [7, 11) is -3.83. The van der Waals surface area contributed by atoms with Crippen LogP contribution in [0.5, 0.6) is 5.75 Å². The van der Waals surface area contributed by atoms with E-state index in [0.717, 1.165) is 0 Å². The Labute approximate surface area is 141 Å². The van der Waals surface area contributed by atoms with Crippen molar-refractivity contribution in [3.63, 3.8) is 0 Å². The van der Waals surface area contributed by atoms with Crippen molar-refractivity contribution >= 4 is 27.6 Å². The van der Waals surface area contributed by atoms with Gasteiger partial charge < -0.3 is 15.8 Å². The Bertz CT molecular complexity index is 800. The lowest BCUT2D eigenvalue weighted by atomic mass is 9.94. The van der Waals surface area contributed by atoms with Crippen LogP contribution in [0.1, 0.15) is 19.4 Å². The summed E-state index contributed by atoms with van der Waals surface area (Å²) in [6.45, 7) is 7.91. The van der Waals surface area contributed by atoms with Gasteiger partial charge in [-0.05, 0) is 18.2 Å². The minimum absolute atomic E-state index is 0.128. The van der Waals surface area contributed by atoms with Crippen LogP contribution in [0, 0.1) is 5.41 Å². The average molecular weight is 352 g/mol. The van der Waals surface area contributed by atoms with Gasteiger partial charge >= 0.3 is 10.2 Å². The normalized spacial score (nSPS) is 15.5. The van der Waals surface area contributed by atoms with Gasteiger partial charge in [0.05, 0.1) is 17.9 Å². The number of carbonyl (C=O) groups excluding carboxylic acids is 1. The van der Waals surface area contributed by atoms with Crippen molar-refractivity contribution in [3.8, 4) is 5.75 Å². The third kappa shape index (κ3) is 4.25. The van der Waals surface area contributed by atoms with E-state index in [1.165, 1.54) is 6.08 Å². The molecule has 4 N–H and O–H groups in total. The number of amides is 1.